The van der Waals surface area contributed by atoms with Crippen LogP contribution in [-0.4, -0.2) is 11.8 Å². The van der Waals surface area contributed by atoms with Crippen LogP contribution in [0.15, 0.2) is 60.7 Å². The Labute approximate surface area is 146 Å². The van der Waals surface area contributed by atoms with Gasteiger partial charge in [0.25, 0.3) is 0 Å². The van der Waals surface area contributed by atoms with Crippen LogP contribution in [0.2, 0.25) is 0 Å². The minimum atomic E-state index is -0.136. The Balaban J connectivity index is 1.74. The molecule has 126 valence electrons. The van der Waals surface area contributed by atoms with Crippen molar-refractivity contribution in [1.82, 2.24) is 0 Å². The number of nitrogens with one attached hydrogen (secondary N) is 2. The van der Waals surface area contributed by atoms with E-state index in [4.69, 9.17) is 0 Å². The summed E-state index contributed by atoms with van der Waals surface area (Å²) in [6, 6.07) is 19.6. The average molecular weight is 332 g/mol. The third kappa shape index (κ3) is 4.04. The van der Waals surface area contributed by atoms with E-state index >= 15 is 0 Å². The molecule has 0 saturated carbocycles. The highest BCUT2D eigenvalue weighted by atomic mass is 16.2. The molecule has 0 aromatic heterocycles. The van der Waals surface area contributed by atoms with Crippen molar-refractivity contribution in [3.63, 3.8) is 0 Å². The molecule has 2 amide bonds. The zero-order valence-electron chi connectivity index (χ0n) is 14.3. The van der Waals surface area contributed by atoms with Crippen molar-refractivity contribution in [2.24, 2.45) is 0 Å². The Hall–Kier alpha value is -3.14. The smallest absolute Gasteiger partial charge is 0.228 e. The predicted octanol–water partition coefficient (Wildman–Crippen LogP) is 4.29. The molecule has 3 aromatic rings. The number of fused-ring (bicyclic) bond motifs is 1. The molecule has 0 fully saturated rings. The molecule has 0 aliphatic rings. The Morgan fingerprint density at radius 1 is 0.840 bits per heavy atom. The van der Waals surface area contributed by atoms with Crippen LogP contribution in [0.3, 0.4) is 0 Å². The van der Waals surface area contributed by atoms with Gasteiger partial charge in [-0.1, -0.05) is 48.5 Å². The van der Waals surface area contributed by atoms with Gasteiger partial charge in [-0.05, 0) is 41.0 Å². The van der Waals surface area contributed by atoms with Crippen molar-refractivity contribution in [3.8, 4) is 0 Å². The molecule has 2 N–H and O–H groups in total. The van der Waals surface area contributed by atoms with Crippen LogP contribution in [0.5, 0.6) is 0 Å². The fraction of sp³-hybridized carbons (Fsp3) is 0.143. The topological polar surface area (TPSA) is 58.2 Å². The van der Waals surface area contributed by atoms with Gasteiger partial charge in [-0.15, -0.1) is 0 Å². The monoisotopic (exact) mass is 332 g/mol. The lowest BCUT2D eigenvalue weighted by Gasteiger charge is -2.13. The Morgan fingerprint density at radius 2 is 1.52 bits per heavy atom. The third-order valence-corrected chi connectivity index (χ3v) is 4.10. The van der Waals surface area contributed by atoms with Gasteiger partial charge in [0.05, 0.1) is 6.42 Å². The minimum Gasteiger partial charge on any atom is -0.326 e. The highest BCUT2D eigenvalue weighted by molar-refractivity contribution is 5.96. The number of anilines is 2. The van der Waals surface area contributed by atoms with Crippen LogP contribution < -0.4 is 10.6 Å². The number of benzene rings is 3. The molecule has 0 spiro atoms. The summed E-state index contributed by atoms with van der Waals surface area (Å²) in [7, 11) is 0. The highest BCUT2D eigenvalue weighted by Gasteiger charge is 2.09. The van der Waals surface area contributed by atoms with Gasteiger partial charge in [-0.2, -0.15) is 0 Å². The van der Waals surface area contributed by atoms with E-state index in [2.05, 4.69) is 16.7 Å². The summed E-state index contributed by atoms with van der Waals surface area (Å²) in [6.45, 7) is 3.33. The van der Waals surface area contributed by atoms with E-state index in [9.17, 15) is 9.59 Å². The number of hydrogen-bond acceptors (Lipinski definition) is 2. The SMILES string of the molecule is CC(=O)Nc1cccc(NC(=O)Cc2ccc3ccccc3c2)c1C. The fourth-order valence-electron chi connectivity index (χ4n) is 2.82. The molecule has 0 bridgehead atoms. The van der Waals surface area contributed by atoms with E-state index in [1.165, 1.54) is 6.92 Å². The first-order chi connectivity index (χ1) is 12.0. The van der Waals surface area contributed by atoms with Crippen molar-refractivity contribution in [2.75, 3.05) is 10.6 Å². The molecule has 0 unspecified atom stereocenters. The first kappa shape index (κ1) is 16.7. The molecule has 0 atom stereocenters. The lowest BCUT2D eigenvalue weighted by Crippen LogP contribution is -2.16. The van der Waals surface area contributed by atoms with Gasteiger partial charge in [0.15, 0.2) is 0 Å². The summed E-state index contributed by atoms with van der Waals surface area (Å²) < 4.78 is 0. The first-order valence-corrected chi connectivity index (χ1v) is 8.17. The maximum absolute atomic E-state index is 12.4. The summed E-state index contributed by atoms with van der Waals surface area (Å²) in [5, 5.41) is 7.98. The van der Waals surface area contributed by atoms with Gasteiger partial charge in [0.1, 0.15) is 0 Å². The lowest BCUT2D eigenvalue weighted by atomic mass is 10.0. The molecule has 3 aromatic carbocycles. The van der Waals surface area contributed by atoms with E-state index in [0.29, 0.717) is 17.8 Å². The van der Waals surface area contributed by atoms with Crippen molar-refractivity contribution in [1.29, 1.82) is 0 Å². The summed E-state index contributed by atoms with van der Waals surface area (Å²) >= 11 is 0. The van der Waals surface area contributed by atoms with Gasteiger partial charge < -0.3 is 10.6 Å². The maximum atomic E-state index is 12.4. The van der Waals surface area contributed by atoms with Gasteiger partial charge in [-0.25, -0.2) is 0 Å². The van der Waals surface area contributed by atoms with Crippen LogP contribution in [0.25, 0.3) is 10.8 Å². The van der Waals surface area contributed by atoms with Crippen molar-refractivity contribution >= 4 is 34.0 Å². The standard InChI is InChI=1S/C21H20N2O2/c1-14-19(22-15(2)24)8-5-9-20(14)23-21(25)13-16-10-11-17-6-3-4-7-18(17)12-16/h3-12H,13H2,1-2H3,(H,22,24)(H,23,25). The zero-order valence-corrected chi connectivity index (χ0v) is 14.3. The molecule has 3 rings (SSSR count). The molecule has 0 saturated heterocycles. The van der Waals surface area contributed by atoms with Gasteiger partial charge in [0, 0.05) is 18.3 Å². The molecular weight excluding hydrogens is 312 g/mol. The fourth-order valence-corrected chi connectivity index (χ4v) is 2.82. The molecule has 0 aliphatic carbocycles. The summed E-state index contributed by atoms with van der Waals surface area (Å²) in [5.74, 6) is -0.221. The summed E-state index contributed by atoms with van der Waals surface area (Å²) in [6.07, 6.45) is 0.300. The third-order valence-electron chi connectivity index (χ3n) is 4.10. The van der Waals surface area contributed by atoms with Gasteiger partial charge in [0.2, 0.25) is 11.8 Å². The second kappa shape index (κ2) is 7.18. The molecule has 0 heterocycles. The predicted molar refractivity (Wildman–Crippen MR) is 102 cm³/mol. The Bertz CT molecular complexity index is 948. The second-order valence-corrected chi connectivity index (χ2v) is 6.07. The molecule has 4 nitrogen and oxygen atoms in total. The largest absolute Gasteiger partial charge is 0.326 e. The van der Waals surface area contributed by atoms with E-state index < -0.39 is 0 Å². The first-order valence-electron chi connectivity index (χ1n) is 8.17. The number of hydrogen-bond donors (Lipinski definition) is 2. The van der Waals surface area contributed by atoms with Crippen LogP contribution in [0.4, 0.5) is 11.4 Å². The van der Waals surface area contributed by atoms with Crippen molar-refractivity contribution in [2.45, 2.75) is 20.3 Å². The minimum absolute atomic E-state index is 0.0849. The molecule has 0 aliphatic heterocycles. The number of rotatable bonds is 4. The van der Waals surface area contributed by atoms with Gasteiger partial charge >= 0.3 is 0 Å². The second-order valence-electron chi connectivity index (χ2n) is 6.07. The van der Waals surface area contributed by atoms with E-state index in [1.54, 1.807) is 0 Å². The van der Waals surface area contributed by atoms with E-state index in [-0.39, 0.29) is 11.8 Å². The van der Waals surface area contributed by atoms with Gasteiger partial charge in [-0.3, -0.25) is 9.59 Å². The van der Waals surface area contributed by atoms with E-state index in [1.807, 2.05) is 61.5 Å². The van der Waals surface area contributed by atoms with Crippen LogP contribution in [0, 0.1) is 6.92 Å². The highest BCUT2D eigenvalue weighted by Crippen LogP contribution is 2.24. The Kier molecular flexibility index (Phi) is 4.80. The number of carbonyl (C=O) groups is 2. The van der Waals surface area contributed by atoms with Crippen LogP contribution >= 0.6 is 0 Å². The van der Waals surface area contributed by atoms with Crippen LogP contribution in [-0.2, 0) is 16.0 Å². The van der Waals surface area contributed by atoms with E-state index in [0.717, 1.165) is 21.9 Å². The van der Waals surface area contributed by atoms with Crippen molar-refractivity contribution < 1.29 is 9.59 Å². The summed E-state index contributed by atoms with van der Waals surface area (Å²) in [5.41, 5.74) is 3.21. The Morgan fingerprint density at radius 3 is 2.24 bits per heavy atom. The average Bonchev–Trinajstić information content (AvgIpc) is 2.58. The van der Waals surface area contributed by atoms with Crippen LogP contribution in [0.1, 0.15) is 18.1 Å². The lowest BCUT2D eigenvalue weighted by molar-refractivity contribution is -0.115. The summed E-state index contributed by atoms with van der Waals surface area (Å²) in [4.78, 5) is 23.7. The maximum Gasteiger partial charge on any atom is 0.228 e. The molecular formula is C21H20N2O2. The quantitative estimate of drug-likeness (QED) is 0.749. The number of amides is 2. The molecule has 4 heteroatoms. The molecule has 0 radical (unpaired) electrons. The normalized spacial score (nSPS) is 10.5. The van der Waals surface area contributed by atoms with Crippen molar-refractivity contribution in [3.05, 3.63) is 71.8 Å². The zero-order chi connectivity index (χ0) is 17.8. The number of carbonyl (C=O) groups excluding carboxylic acids is 2. The molecule has 25 heavy (non-hydrogen) atoms.